The Morgan fingerprint density at radius 3 is 2.92 bits per heavy atom. The van der Waals surface area contributed by atoms with Crippen molar-refractivity contribution in [3.63, 3.8) is 0 Å². The lowest BCUT2D eigenvalue weighted by Crippen LogP contribution is -2.00. The highest BCUT2D eigenvalue weighted by Gasteiger charge is 1.91. The molecule has 2 nitrogen and oxygen atoms in total. The lowest BCUT2D eigenvalue weighted by atomic mass is 10.3. The third-order valence-corrected chi connectivity index (χ3v) is 1.53. The van der Waals surface area contributed by atoms with Gasteiger partial charge in [0.1, 0.15) is 0 Å². The molecule has 1 aromatic rings. The summed E-state index contributed by atoms with van der Waals surface area (Å²) in [5.41, 5.74) is 1.97. The molecule has 1 aromatic heterocycles. The van der Waals surface area contributed by atoms with E-state index < -0.39 is 0 Å². The van der Waals surface area contributed by atoms with Crippen molar-refractivity contribution < 1.29 is 0 Å². The molecule has 0 bridgehead atoms. The quantitative estimate of drug-likeness (QED) is 0.777. The number of aromatic nitrogens is 1. The highest BCUT2D eigenvalue weighted by atomic mass is 35.5. The van der Waals surface area contributed by atoms with Crippen LogP contribution in [0.2, 0.25) is 0 Å². The molecular weight excluding hydrogens is 172 g/mol. The fourth-order valence-corrected chi connectivity index (χ4v) is 0.837. The number of anilines is 1. The van der Waals surface area contributed by atoms with Crippen molar-refractivity contribution in [3.8, 4) is 0 Å². The molecule has 0 radical (unpaired) electrons. The molecule has 0 aliphatic carbocycles. The van der Waals surface area contributed by atoms with Gasteiger partial charge in [0.15, 0.2) is 0 Å². The predicted octanol–water partition coefficient (Wildman–Crippen LogP) is 2.55. The van der Waals surface area contributed by atoms with Crippen LogP contribution in [0.1, 0.15) is 5.69 Å². The summed E-state index contributed by atoms with van der Waals surface area (Å²) < 4.78 is 0. The van der Waals surface area contributed by atoms with Crippen LogP contribution in [-0.4, -0.2) is 11.5 Å². The van der Waals surface area contributed by atoms with Crippen LogP contribution >= 0.6 is 11.6 Å². The first kappa shape index (κ1) is 9.07. The zero-order valence-corrected chi connectivity index (χ0v) is 7.73. The molecule has 12 heavy (non-hydrogen) atoms. The van der Waals surface area contributed by atoms with Crippen LogP contribution in [-0.2, 0) is 0 Å². The molecule has 3 heteroatoms. The summed E-state index contributed by atoms with van der Waals surface area (Å²) in [6.45, 7) is 6.09. The van der Waals surface area contributed by atoms with Crippen molar-refractivity contribution >= 4 is 17.3 Å². The molecular formula is C9H11ClN2. The van der Waals surface area contributed by atoms with E-state index in [2.05, 4.69) is 16.9 Å². The van der Waals surface area contributed by atoms with E-state index in [0.29, 0.717) is 11.6 Å². The van der Waals surface area contributed by atoms with Gasteiger partial charge in [-0.3, -0.25) is 4.98 Å². The zero-order valence-electron chi connectivity index (χ0n) is 6.97. The summed E-state index contributed by atoms with van der Waals surface area (Å²) in [5.74, 6) is 0. The van der Waals surface area contributed by atoms with Gasteiger partial charge in [0, 0.05) is 10.7 Å². The van der Waals surface area contributed by atoms with Gasteiger partial charge in [-0.25, -0.2) is 0 Å². The van der Waals surface area contributed by atoms with Crippen molar-refractivity contribution in [1.82, 2.24) is 4.98 Å². The van der Waals surface area contributed by atoms with E-state index in [9.17, 15) is 0 Å². The van der Waals surface area contributed by atoms with Crippen molar-refractivity contribution in [2.45, 2.75) is 6.92 Å². The van der Waals surface area contributed by atoms with Crippen molar-refractivity contribution in [1.29, 1.82) is 0 Å². The van der Waals surface area contributed by atoms with E-state index in [0.717, 1.165) is 11.4 Å². The van der Waals surface area contributed by atoms with Crippen LogP contribution in [0.15, 0.2) is 29.9 Å². The number of halogens is 1. The Morgan fingerprint density at radius 2 is 2.42 bits per heavy atom. The maximum Gasteiger partial charge on any atom is 0.0529 e. The topological polar surface area (TPSA) is 24.9 Å². The van der Waals surface area contributed by atoms with E-state index >= 15 is 0 Å². The fraction of sp³-hybridized carbons (Fsp3) is 0.222. The smallest absolute Gasteiger partial charge is 0.0529 e. The Kier molecular flexibility index (Phi) is 3.11. The summed E-state index contributed by atoms with van der Waals surface area (Å²) in [6, 6.07) is 3.90. The zero-order chi connectivity index (χ0) is 8.97. The van der Waals surface area contributed by atoms with Crippen molar-refractivity contribution in [3.05, 3.63) is 35.6 Å². The van der Waals surface area contributed by atoms with E-state index in [1.54, 1.807) is 6.20 Å². The van der Waals surface area contributed by atoms with Crippen LogP contribution in [0.4, 0.5) is 5.69 Å². The Labute approximate surface area is 77.3 Å². The molecule has 0 saturated heterocycles. The second kappa shape index (κ2) is 4.12. The van der Waals surface area contributed by atoms with E-state index in [1.807, 2.05) is 19.1 Å². The number of hydrogen-bond acceptors (Lipinski definition) is 2. The van der Waals surface area contributed by atoms with Gasteiger partial charge in [-0.05, 0) is 19.1 Å². The number of aryl methyl sites for hydroxylation is 1. The van der Waals surface area contributed by atoms with Crippen LogP contribution in [0.5, 0.6) is 0 Å². The van der Waals surface area contributed by atoms with E-state index in [-0.39, 0.29) is 0 Å². The van der Waals surface area contributed by atoms with Gasteiger partial charge < -0.3 is 5.32 Å². The first-order chi connectivity index (χ1) is 5.68. The minimum absolute atomic E-state index is 0.576. The Bertz CT molecular complexity index is 266. The first-order valence-electron chi connectivity index (χ1n) is 3.68. The third kappa shape index (κ3) is 2.93. The molecule has 0 atom stereocenters. The second-order valence-corrected chi connectivity index (χ2v) is 3.09. The summed E-state index contributed by atoms with van der Waals surface area (Å²) >= 11 is 5.58. The average Bonchev–Trinajstić information content (AvgIpc) is 2.03. The summed E-state index contributed by atoms with van der Waals surface area (Å²) in [7, 11) is 0. The van der Waals surface area contributed by atoms with E-state index in [1.165, 1.54) is 0 Å². The molecule has 0 aromatic carbocycles. The van der Waals surface area contributed by atoms with E-state index in [4.69, 9.17) is 11.6 Å². The monoisotopic (exact) mass is 182 g/mol. The Morgan fingerprint density at radius 1 is 1.67 bits per heavy atom. The largest absolute Gasteiger partial charge is 0.379 e. The SMILES string of the molecule is C=C(Cl)CNc1ccc(C)nc1. The molecule has 1 rings (SSSR count). The minimum Gasteiger partial charge on any atom is -0.379 e. The van der Waals surface area contributed by atoms with Crippen LogP contribution in [0, 0.1) is 6.92 Å². The Balaban J connectivity index is 2.53. The maximum absolute atomic E-state index is 5.58. The second-order valence-electron chi connectivity index (χ2n) is 2.56. The normalized spacial score (nSPS) is 9.50. The molecule has 0 unspecified atom stereocenters. The maximum atomic E-state index is 5.58. The molecule has 64 valence electrons. The van der Waals surface area contributed by atoms with Crippen LogP contribution in [0.25, 0.3) is 0 Å². The third-order valence-electron chi connectivity index (χ3n) is 1.40. The van der Waals surface area contributed by atoms with Gasteiger partial charge in [-0.1, -0.05) is 18.2 Å². The molecule has 0 amide bonds. The number of nitrogens with zero attached hydrogens (tertiary/aromatic N) is 1. The van der Waals surface area contributed by atoms with Gasteiger partial charge in [0.2, 0.25) is 0 Å². The molecule has 0 fully saturated rings. The molecule has 0 spiro atoms. The molecule has 1 N–H and O–H groups in total. The molecule has 0 aliphatic rings. The van der Waals surface area contributed by atoms with Gasteiger partial charge in [0.25, 0.3) is 0 Å². The van der Waals surface area contributed by atoms with Crippen LogP contribution < -0.4 is 5.32 Å². The predicted molar refractivity (Wildman–Crippen MR) is 52.5 cm³/mol. The van der Waals surface area contributed by atoms with Crippen molar-refractivity contribution in [2.75, 3.05) is 11.9 Å². The molecule has 0 saturated carbocycles. The van der Waals surface area contributed by atoms with Crippen molar-refractivity contribution in [2.24, 2.45) is 0 Å². The van der Waals surface area contributed by atoms with Gasteiger partial charge in [-0.2, -0.15) is 0 Å². The number of nitrogens with one attached hydrogen (secondary N) is 1. The van der Waals surface area contributed by atoms with Gasteiger partial charge in [-0.15, -0.1) is 0 Å². The number of rotatable bonds is 3. The fourth-order valence-electron chi connectivity index (χ4n) is 0.770. The highest BCUT2D eigenvalue weighted by molar-refractivity contribution is 6.29. The van der Waals surface area contributed by atoms with Gasteiger partial charge in [0.05, 0.1) is 18.4 Å². The van der Waals surface area contributed by atoms with Gasteiger partial charge >= 0.3 is 0 Å². The molecule has 1 heterocycles. The summed E-state index contributed by atoms with van der Waals surface area (Å²) in [6.07, 6.45) is 1.77. The summed E-state index contributed by atoms with van der Waals surface area (Å²) in [4.78, 5) is 4.12. The minimum atomic E-state index is 0.576. The first-order valence-corrected chi connectivity index (χ1v) is 4.06. The number of hydrogen-bond donors (Lipinski definition) is 1. The Hall–Kier alpha value is -1.02. The standard InChI is InChI=1S/C9H11ClN2/c1-7(10)5-12-9-4-3-8(2)11-6-9/h3-4,6,12H,1,5H2,2H3. The highest BCUT2D eigenvalue weighted by Crippen LogP contribution is 2.06. The lowest BCUT2D eigenvalue weighted by molar-refractivity contribution is 1.18. The number of pyridine rings is 1. The molecule has 0 aliphatic heterocycles. The lowest BCUT2D eigenvalue weighted by Gasteiger charge is -2.03. The van der Waals surface area contributed by atoms with Crippen LogP contribution in [0.3, 0.4) is 0 Å². The summed E-state index contributed by atoms with van der Waals surface area (Å²) in [5, 5.41) is 3.67. The average molecular weight is 183 g/mol.